The van der Waals surface area contributed by atoms with Crippen LogP contribution in [0.3, 0.4) is 0 Å². The summed E-state index contributed by atoms with van der Waals surface area (Å²) in [6.45, 7) is 2.57. The van der Waals surface area contributed by atoms with Crippen molar-refractivity contribution in [1.82, 2.24) is 10.2 Å². The first-order valence-corrected chi connectivity index (χ1v) is 9.97. The molecule has 1 aliphatic carbocycles. The summed E-state index contributed by atoms with van der Waals surface area (Å²) in [6.07, 6.45) is 6.75. The first-order chi connectivity index (χ1) is 12.6. The third-order valence-electron chi connectivity index (χ3n) is 6.03. The predicted octanol–water partition coefficient (Wildman–Crippen LogP) is 2.27. The zero-order valence-corrected chi connectivity index (χ0v) is 15.5. The maximum atomic E-state index is 12.7. The molecule has 1 aromatic rings. The van der Waals surface area contributed by atoms with Gasteiger partial charge in [0.1, 0.15) is 0 Å². The average Bonchev–Trinajstić information content (AvgIpc) is 3.17. The molecule has 1 aromatic carbocycles. The minimum Gasteiger partial charge on any atom is -0.369 e. The van der Waals surface area contributed by atoms with Gasteiger partial charge in [-0.3, -0.25) is 14.5 Å². The number of primary amides is 1. The maximum absolute atomic E-state index is 12.7. The second kappa shape index (κ2) is 9.17. The molecule has 2 aliphatic rings. The van der Waals surface area contributed by atoms with Gasteiger partial charge in [-0.1, -0.05) is 43.2 Å². The molecule has 3 N–H and O–H groups in total. The summed E-state index contributed by atoms with van der Waals surface area (Å²) < 4.78 is 0. The van der Waals surface area contributed by atoms with Crippen molar-refractivity contribution in [1.29, 1.82) is 0 Å². The number of amides is 2. The normalized spacial score (nSPS) is 20.8. The molecule has 3 rings (SSSR count). The Kier molecular flexibility index (Phi) is 6.67. The van der Waals surface area contributed by atoms with Crippen LogP contribution in [0.1, 0.15) is 50.0 Å². The van der Waals surface area contributed by atoms with Crippen LogP contribution in [0, 0.1) is 11.8 Å². The van der Waals surface area contributed by atoms with Crippen LogP contribution in [0.25, 0.3) is 0 Å². The Labute approximate surface area is 156 Å². The van der Waals surface area contributed by atoms with Crippen LogP contribution in [0.4, 0.5) is 0 Å². The van der Waals surface area contributed by atoms with Gasteiger partial charge in [0.15, 0.2) is 0 Å². The Balaban J connectivity index is 1.52. The highest BCUT2D eigenvalue weighted by Crippen LogP contribution is 2.37. The third kappa shape index (κ3) is 5.07. The van der Waals surface area contributed by atoms with E-state index < -0.39 is 0 Å². The monoisotopic (exact) mass is 357 g/mol. The Morgan fingerprint density at radius 2 is 1.73 bits per heavy atom. The fourth-order valence-electron chi connectivity index (χ4n) is 4.55. The van der Waals surface area contributed by atoms with Crippen molar-refractivity contribution in [2.45, 2.75) is 44.4 Å². The zero-order chi connectivity index (χ0) is 18.4. The van der Waals surface area contributed by atoms with Crippen LogP contribution >= 0.6 is 0 Å². The summed E-state index contributed by atoms with van der Waals surface area (Å²) in [4.78, 5) is 25.7. The zero-order valence-electron chi connectivity index (χ0n) is 15.5. The van der Waals surface area contributed by atoms with Crippen molar-refractivity contribution in [3.63, 3.8) is 0 Å². The lowest BCUT2D eigenvalue weighted by Gasteiger charge is -2.31. The van der Waals surface area contributed by atoms with E-state index >= 15 is 0 Å². The van der Waals surface area contributed by atoms with E-state index in [0.717, 1.165) is 32.5 Å². The first-order valence-electron chi connectivity index (χ1n) is 9.97. The van der Waals surface area contributed by atoms with Gasteiger partial charge in [0.25, 0.3) is 0 Å². The van der Waals surface area contributed by atoms with Crippen LogP contribution in [0.15, 0.2) is 30.3 Å². The summed E-state index contributed by atoms with van der Waals surface area (Å²) in [6, 6.07) is 10.6. The van der Waals surface area contributed by atoms with Gasteiger partial charge in [-0.15, -0.1) is 0 Å². The molecule has 5 nitrogen and oxygen atoms in total. The molecule has 0 unspecified atom stereocenters. The molecule has 0 aromatic heterocycles. The SMILES string of the molecule is NC(=O)CN1CCC(C(=O)NC[C@@H](c2ccccc2)C2CCCC2)CC1. The standard InChI is InChI=1S/C21H31N3O2/c22-20(25)15-24-12-10-18(11-13-24)21(26)23-14-19(17-8-4-5-9-17)16-6-2-1-3-7-16/h1-3,6-7,17-19H,4-5,8-15H2,(H2,22,25)(H,23,26)/t19-/m0/s1. The smallest absolute Gasteiger partial charge is 0.231 e. The molecule has 2 fully saturated rings. The molecular formula is C21H31N3O2. The van der Waals surface area contributed by atoms with E-state index in [1.54, 1.807) is 0 Å². The molecule has 2 amide bonds. The summed E-state index contributed by atoms with van der Waals surface area (Å²) in [7, 11) is 0. The van der Waals surface area contributed by atoms with E-state index in [2.05, 4.69) is 29.6 Å². The second-order valence-corrected chi connectivity index (χ2v) is 7.82. The minimum absolute atomic E-state index is 0.0547. The van der Waals surface area contributed by atoms with Crippen LogP contribution in [-0.4, -0.2) is 42.9 Å². The van der Waals surface area contributed by atoms with Gasteiger partial charge in [-0.25, -0.2) is 0 Å². The average molecular weight is 357 g/mol. The Morgan fingerprint density at radius 1 is 1.08 bits per heavy atom. The molecule has 1 saturated heterocycles. The minimum atomic E-state index is -0.296. The number of nitrogens with one attached hydrogen (secondary N) is 1. The summed E-state index contributed by atoms with van der Waals surface area (Å²) in [5, 5.41) is 3.23. The van der Waals surface area contributed by atoms with Crippen LogP contribution in [0.5, 0.6) is 0 Å². The van der Waals surface area contributed by atoms with Gasteiger partial charge in [0, 0.05) is 18.4 Å². The Morgan fingerprint density at radius 3 is 2.35 bits per heavy atom. The van der Waals surface area contributed by atoms with Crippen LogP contribution < -0.4 is 11.1 Å². The van der Waals surface area contributed by atoms with E-state index in [1.165, 1.54) is 31.2 Å². The molecule has 1 aliphatic heterocycles. The number of nitrogens with two attached hydrogens (primary N) is 1. The topological polar surface area (TPSA) is 75.4 Å². The lowest BCUT2D eigenvalue weighted by Crippen LogP contribution is -2.44. The number of hydrogen-bond donors (Lipinski definition) is 2. The maximum Gasteiger partial charge on any atom is 0.231 e. The van der Waals surface area contributed by atoms with Gasteiger partial charge in [0.05, 0.1) is 6.54 Å². The van der Waals surface area contributed by atoms with Gasteiger partial charge >= 0.3 is 0 Å². The van der Waals surface area contributed by atoms with E-state index in [1.807, 2.05) is 11.0 Å². The number of carbonyl (C=O) groups excluding carboxylic acids is 2. The molecule has 1 atom stereocenters. The highest BCUT2D eigenvalue weighted by Gasteiger charge is 2.29. The number of nitrogens with zero attached hydrogens (tertiary/aromatic N) is 1. The van der Waals surface area contributed by atoms with E-state index in [0.29, 0.717) is 18.4 Å². The summed E-state index contributed by atoms with van der Waals surface area (Å²) in [5.41, 5.74) is 6.60. The quantitative estimate of drug-likeness (QED) is 0.786. The molecule has 0 radical (unpaired) electrons. The van der Waals surface area contributed by atoms with Crippen molar-refractivity contribution < 1.29 is 9.59 Å². The third-order valence-corrected chi connectivity index (χ3v) is 6.03. The van der Waals surface area contributed by atoms with E-state index in [-0.39, 0.29) is 17.7 Å². The lowest BCUT2D eigenvalue weighted by molar-refractivity contribution is -0.126. The number of likely N-dealkylation sites (tertiary alicyclic amines) is 1. The number of benzene rings is 1. The fraction of sp³-hybridized carbons (Fsp3) is 0.619. The van der Waals surface area contributed by atoms with Crippen LogP contribution in [0.2, 0.25) is 0 Å². The van der Waals surface area contributed by atoms with Gasteiger partial charge < -0.3 is 11.1 Å². The van der Waals surface area contributed by atoms with Crippen molar-refractivity contribution in [3.05, 3.63) is 35.9 Å². The van der Waals surface area contributed by atoms with E-state index in [4.69, 9.17) is 5.73 Å². The predicted molar refractivity (Wildman–Crippen MR) is 103 cm³/mol. The molecule has 1 saturated carbocycles. The first kappa shape index (κ1) is 18.9. The highest BCUT2D eigenvalue weighted by molar-refractivity contribution is 5.79. The number of rotatable bonds is 7. The molecule has 0 spiro atoms. The van der Waals surface area contributed by atoms with Crippen molar-refractivity contribution >= 4 is 11.8 Å². The Hall–Kier alpha value is -1.88. The molecular weight excluding hydrogens is 326 g/mol. The summed E-state index contributed by atoms with van der Waals surface area (Å²) in [5.74, 6) is 1.02. The second-order valence-electron chi connectivity index (χ2n) is 7.82. The van der Waals surface area contributed by atoms with Gasteiger partial charge in [0.2, 0.25) is 11.8 Å². The molecule has 5 heteroatoms. The van der Waals surface area contributed by atoms with Crippen LogP contribution in [-0.2, 0) is 9.59 Å². The van der Waals surface area contributed by atoms with Crippen molar-refractivity contribution in [3.8, 4) is 0 Å². The highest BCUT2D eigenvalue weighted by atomic mass is 16.2. The molecule has 1 heterocycles. The Bertz CT molecular complexity index is 591. The van der Waals surface area contributed by atoms with Gasteiger partial charge in [-0.2, -0.15) is 0 Å². The lowest BCUT2D eigenvalue weighted by atomic mass is 9.84. The molecule has 142 valence electrons. The van der Waals surface area contributed by atoms with Gasteiger partial charge in [-0.05, 0) is 50.3 Å². The number of piperidine rings is 1. The fourth-order valence-corrected chi connectivity index (χ4v) is 4.55. The van der Waals surface area contributed by atoms with E-state index in [9.17, 15) is 9.59 Å². The molecule has 26 heavy (non-hydrogen) atoms. The number of hydrogen-bond acceptors (Lipinski definition) is 3. The number of carbonyl (C=O) groups is 2. The van der Waals surface area contributed by atoms with Crippen molar-refractivity contribution in [2.75, 3.05) is 26.2 Å². The summed E-state index contributed by atoms with van der Waals surface area (Å²) >= 11 is 0. The van der Waals surface area contributed by atoms with Crippen molar-refractivity contribution in [2.24, 2.45) is 17.6 Å². The molecule has 0 bridgehead atoms. The largest absolute Gasteiger partial charge is 0.369 e.